The number of aromatic hydroxyl groups is 1. The van der Waals surface area contributed by atoms with Gasteiger partial charge in [0.2, 0.25) is 0 Å². The Kier molecular flexibility index (Phi) is 4.14. The summed E-state index contributed by atoms with van der Waals surface area (Å²) < 4.78 is 5.69. The lowest BCUT2D eigenvalue weighted by Gasteiger charge is -2.09. The average Bonchev–Trinajstić information content (AvgIpc) is 2.39. The summed E-state index contributed by atoms with van der Waals surface area (Å²) in [6, 6.07) is 9.53. The number of carbonyl (C=O) groups excluding carboxylic acids is 1. The molecule has 2 rings (SSSR count). The Morgan fingerprint density at radius 1 is 1.30 bits per heavy atom. The molecule has 0 saturated heterocycles. The van der Waals surface area contributed by atoms with Gasteiger partial charge in [-0.3, -0.25) is 4.79 Å². The first-order valence-electron chi connectivity index (χ1n) is 5.74. The number of hydrogen-bond donors (Lipinski definition) is 3. The summed E-state index contributed by atoms with van der Waals surface area (Å²) in [5.74, 6) is 0.0753. The van der Waals surface area contributed by atoms with Crippen LogP contribution in [0.1, 0.15) is 10.4 Å². The Balaban J connectivity index is 2.23. The maximum absolute atomic E-state index is 12.1. The van der Waals surface area contributed by atoms with Crippen LogP contribution in [0.2, 0.25) is 0 Å². The van der Waals surface area contributed by atoms with Crippen LogP contribution in [0.5, 0.6) is 11.5 Å². The zero-order valence-electron chi connectivity index (χ0n) is 10.7. The molecular weight excluding hydrogens is 324 g/mol. The van der Waals surface area contributed by atoms with Crippen molar-refractivity contribution in [1.29, 1.82) is 0 Å². The van der Waals surface area contributed by atoms with Crippen molar-refractivity contribution in [1.82, 2.24) is 0 Å². The van der Waals surface area contributed by atoms with E-state index in [1.165, 1.54) is 13.2 Å². The number of nitrogens with two attached hydrogens (primary N) is 1. The Morgan fingerprint density at radius 2 is 2.05 bits per heavy atom. The van der Waals surface area contributed by atoms with Gasteiger partial charge in [-0.1, -0.05) is 15.9 Å². The van der Waals surface area contributed by atoms with Crippen LogP contribution >= 0.6 is 15.9 Å². The Bertz CT molecular complexity index is 639. The minimum atomic E-state index is -0.363. The molecule has 0 aromatic heterocycles. The minimum absolute atomic E-state index is 0.0688. The van der Waals surface area contributed by atoms with Crippen LogP contribution in [-0.4, -0.2) is 18.1 Å². The summed E-state index contributed by atoms with van der Waals surface area (Å²) in [7, 11) is 1.50. The molecule has 4 N–H and O–H groups in total. The van der Waals surface area contributed by atoms with E-state index in [4.69, 9.17) is 10.5 Å². The highest BCUT2D eigenvalue weighted by Gasteiger charge is 2.11. The molecule has 0 radical (unpaired) electrons. The van der Waals surface area contributed by atoms with Gasteiger partial charge in [0.05, 0.1) is 12.8 Å². The topological polar surface area (TPSA) is 84.6 Å². The van der Waals surface area contributed by atoms with Gasteiger partial charge in [0, 0.05) is 21.8 Å². The maximum Gasteiger partial charge on any atom is 0.255 e. The molecule has 0 spiro atoms. The van der Waals surface area contributed by atoms with Crippen molar-refractivity contribution in [3.63, 3.8) is 0 Å². The lowest BCUT2D eigenvalue weighted by Crippen LogP contribution is -2.12. The number of nitrogen functional groups attached to an aromatic ring is 1. The van der Waals surface area contributed by atoms with E-state index in [0.717, 1.165) is 0 Å². The normalized spacial score (nSPS) is 10.1. The second-order valence-corrected chi connectivity index (χ2v) is 5.03. The number of benzene rings is 2. The van der Waals surface area contributed by atoms with Gasteiger partial charge in [0.15, 0.2) is 0 Å². The number of anilines is 2. The summed E-state index contributed by atoms with van der Waals surface area (Å²) in [4.78, 5) is 12.1. The number of ether oxygens (including phenoxy) is 1. The van der Waals surface area contributed by atoms with Gasteiger partial charge in [-0.05, 0) is 30.3 Å². The van der Waals surface area contributed by atoms with Gasteiger partial charge in [-0.25, -0.2) is 0 Å². The first-order valence-corrected chi connectivity index (χ1v) is 6.53. The quantitative estimate of drug-likeness (QED) is 0.594. The van der Waals surface area contributed by atoms with E-state index in [0.29, 0.717) is 27.2 Å². The minimum Gasteiger partial charge on any atom is -0.506 e. The highest BCUT2D eigenvalue weighted by atomic mass is 79.9. The van der Waals surface area contributed by atoms with Crippen LogP contribution in [0.4, 0.5) is 11.4 Å². The summed E-state index contributed by atoms with van der Waals surface area (Å²) in [6.45, 7) is 0. The number of phenols is 1. The van der Waals surface area contributed by atoms with Crippen LogP contribution in [0.25, 0.3) is 0 Å². The van der Waals surface area contributed by atoms with Crippen LogP contribution in [0, 0.1) is 0 Å². The van der Waals surface area contributed by atoms with Crippen LogP contribution in [-0.2, 0) is 0 Å². The Hall–Kier alpha value is -2.21. The molecule has 0 aliphatic rings. The zero-order chi connectivity index (χ0) is 14.7. The highest BCUT2D eigenvalue weighted by Crippen LogP contribution is 2.28. The molecule has 6 heteroatoms. The predicted octanol–water partition coefficient (Wildman–Crippen LogP) is 3.00. The molecule has 2 aromatic carbocycles. The molecule has 0 atom stereocenters. The Labute approximate surface area is 124 Å². The van der Waals surface area contributed by atoms with E-state index in [-0.39, 0.29) is 11.7 Å². The lowest BCUT2D eigenvalue weighted by atomic mass is 10.2. The molecule has 0 aliphatic heterocycles. The second kappa shape index (κ2) is 5.83. The number of rotatable bonds is 3. The molecule has 104 valence electrons. The van der Waals surface area contributed by atoms with Crippen LogP contribution in [0.15, 0.2) is 40.9 Å². The molecule has 2 aromatic rings. The van der Waals surface area contributed by atoms with E-state index < -0.39 is 0 Å². The number of hydrogen-bond acceptors (Lipinski definition) is 4. The maximum atomic E-state index is 12.1. The molecule has 1 amide bonds. The fourth-order valence-electron chi connectivity index (χ4n) is 1.68. The molecule has 0 saturated carbocycles. The number of nitrogens with one attached hydrogen (secondary N) is 1. The smallest absolute Gasteiger partial charge is 0.255 e. The van der Waals surface area contributed by atoms with Gasteiger partial charge in [-0.2, -0.15) is 0 Å². The predicted molar refractivity (Wildman–Crippen MR) is 81.2 cm³/mol. The van der Waals surface area contributed by atoms with E-state index in [9.17, 15) is 9.90 Å². The molecule has 0 heterocycles. The van der Waals surface area contributed by atoms with E-state index >= 15 is 0 Å². The largest absolute Gasteiger partial charge is 0.506 e. The molecular formula is C14H13BrN2O3. The first kappa shape index (κ1) is 14.2. The van der Waals surface area contributed by atoms with E-state index in [1.54, 1.807) is 30.3 Å². The van der Waals surface area contributed by atoms with Gasteiger partial charge in [0.25, 0.3) is 5.91 Å². The zero-order valence-corrected chi connectivity index (χ0v) is 12.3. The Morgan fingerprint density at radius 3 is 2.65 bits per heavy atom. The number of halogens is 1. The van der Waals surface area contributed by atoms with Gasteiger partial charge in [0.1, 0.15) is 11.5 Å². The number of carbonyl (C=O) groups is 1. The monoisotopic (exact) mass is 336 g/mol. The SMILES string of the molecule is COc1ccc(NC(=O)c2cc(N)cc(Br)c2)c(O)c1. The third-order valence-electron chi connectivity index (χ3n) is 2.64. The molecule has 0 bridgehead atoms. The van der Waals surface area contributed by atoms with Gasteiger partial charge < -0.3 is 20.9 Å². The van der Waals surface area contributed by atoms with Gasteiger partial charge in [-0.15, -0.1) is 0 Å². The van der Waals surface area contributed by atoms with Gasteiger partial charge >= 0.3 is 0 Å². The molecule has 5 nitrogen and oxygen atoms in total. The summed E-state index contributed by atoms with van der Waals surface area (Å²) in [6.07, 6.45) is 0. The second-order valence-electron chi connectivity index (χ2n) is 4.11. The lowest BCUT2D eigenvalue weighted by molar-refractivity contribution is 0.102. The van der Waals surface area contributed by atoms with Crippen molar-refractivity contribution in [2.45, 2.75) is 0 Å². The van der Waals surface area contributed by atoms with Crippen molar-refractivity contribution in [3.8, 4) is 11.5 Å². The van der Waals surface area contributed by atoms with Crippen LogP contribution in [0.3, 0.4) is 0 Å². The fraction of sp³-hybridized carbons (Fsp3) is 0.0714. The highest BCUT2D eigenvalue weighted by molar-refractivity contribution is 9.10. The number of phenolic OH excluding ortho intramolecular Hbond substituents is 1. The summed E-state index contributed by atoms with van der Waals surface area (Å²) >= 11 is 3.27. The van der Waals surface area contributed by atoms with E-state index in [2.05, 4.69) is 21.2 Å². The molecule has 0 fully saturated rings. The van der Waals surface area contributed by atoms with E-state index in [1.807, 2.05) is 0 Å². The molecule has 0 unspecified atom stereocenters. The van der Waals surface area contributed by atoms with Crippen molar-refractivity contribution in [2.24, 2.45) is 0 Å². The fourth-order valence-corrected chi connectivity index (χ4v) is 2.19. The standard InChI is InChI=1S/C14H13BrN2O3/c1-20-11-2-3-12(13(18)7-11)17-14(19)8-4-9(15)6-10(16)5-8/h2-7,18H,16H2,1H3,(H,17,19). The first-order chi connectivity index (χ1) is 9.49. The number of amides is 1. The third kappa shape index (κ3) is 3.21. The van der Waals surface area contributed by atoms with Crippen molar-refractivity contribution < 1.29 is 14.6 Å². The number of methoxy groups -OCH3 is 1. The summed E-state index contributed by atoms with van der Waals surface area (Å²) in [5, 5.41) is 12.4. The summed E-state index contributed by atoms with van der Waals surface area (Å²) in [5.41, 5.74) is 6.85. The molecule has 0 aliphatic carbocycles. The molecule has 20 heavy (non-hydrogen) atoms. The average molecular weight is 337 g/mol. The third-order valence-corrected chi connectivity index (χ3v) is 3.09. The van der Waals surface area contributed by atoms with Crippen molar-refractivity contribution >= 4 is 33.2 Å². The van der Waals surface area contributed by atoms with Crippen molar-refractivity contribution in [3.05, 3.63) is 46.4 Å². The van der Waals surface area contributed by atoms with Crippen molar-refractivity contribution in [2.75, 3.05) is 18.2 Å². The van der Waals surface area contributed by atoms with Crippen LogP contribution < -0.4 is 15.8 Å².